The Kier molecular flexibility index (Phi) is 9.46. The topological polar surface area (TPSA) is 56.5 Å². The highest BCUT2D eigenvalue weighted by Gasteiger charge is 2.21. The Hall–Kier alpha value is -9.58. The molecule has 0 unspecified atom stereocenters. The maximum absolute atomic E-state index is 5.56. The highest BCUT2D eigenvalue weighted by Crippen LogP contribution is 2.40. The molecule has 11 aromatic carbocycles. The van der Waals surface area contributed by atoms with Crippen molar-refractivity contribution in [1.29, 1.82) is 0 Å². The zero-order chi connectivity index (χ0) is 46.8. The van der Waals surface area contributed by atoms with Crippen molar-refractivity contribution in [2.75, 3.05) is 0 Å². The van der Waals surface area contributed by atoms with Gasteiger partial charge in [-0.1, -0.05) is 206 Å². The summed E-state index contributed by atoms with van der Waals surface area (Å²) in [5.41, 5.74) is 12.4. The molecule has 0 N–H and O–H groups in total. The summed E-state index contributed by atoms with van der Waals surface area (Å²) in [7, 11) is 0. The van der Waals surface area contributed by atoms with E-state index >= 15 is 0 Å². The lowest BCUT2D eigenvalue weighted by Crippen LogP contribution is -2.01. The summed E-state index contributed by atoms with van der Waals surface area (Å²) in [6.07, 6.45) is 0. The zero-order valence-corrected chi connectivity index (χ0v) is 38.4. The van der Waals surface area contributed by atoms with Gasteiger partial charge in [-0.3, -0.25) is 0 Å². The second-order valence-electron chi connectivity index (χ2n) is 18.2. The van der Waals surface area contributed by atoms with E-state index in [9.17, 15) is 0 Å². The van der Waals surface area contributed by atoms with E-state index in [2.05, 4.69) is 253 Å². The van der Waals surface area contributed by atoms with Gasteiger partial charge in [0, 0.05) is 49.8 Å². The van der Waals surface area contributed by atoms with Gasteiger partial charge in [-0.15, -0.1) is 0 Å². The highest BCUT2D eigenvalue weighted by atomic mass is 15.0. The summed E-state index contributed by atoms with van der Waals surface area (Å²) in [4.78, 5) is 22.0. The van der Waals surface area contributed by atoms with Crippen LogP contribution < -0.4 is 0 Å². The third kappa shape index (κ3) is 6.94. The summed E-state index contributed by atoms with van der Waals surface area (Å²) >= 11 is 0. The van der Waals surface area contributed by atoms with Gasteiger partial charge in [0.2, 0.25) is 0 Å². The first-order chi connectivity index (χ1) is 35.2. The van der Waals surface area contributed by atoms with E-state index in [1.807, 2.05) is 0 Å². The molecular weight excluding hydrogens is 863 g/mol. The molecular formula is C66H41N5. The van der Waals surface area contributed by atoms with Crippen LogP contribution in [-0.4, -0.2) is 24.5 Å². The van der Waals surface area contributed by atoms with E-state index in [0.29, 0.717) is 11.6 Å². The number of hydrogen-bond acceptors (Lipinski definition) is 4. The smallest absolute Gasteiger partial charge is 0.161 e. The number of para-hydroxylation sites is 2. The van der Waals surface area contributed by atoms with Gasteiger partial charge in [-0.2, -0.15) is 0 Å². The molecule has 0 amide bonds. The van der Waals surface area contributed by atoms with Crippen LogP contribution in [0.4, 0.5) is 0 Å². The van der Waals surface area contributed by atoms with E-state index in [1.54, 1.807) is 0 Å². The summed E-state index contributed by atoms with van der Waals surface area (Å²) in [5, 5.41) is 11.4. The van der Waals surface area contributed by atoms with Crippen molar-refractivity contribution in [2.24, 2.45) is 0 Å². The van der Waals surface area contributed by atoms with Gasteiger partial charge in [-0.05, 0) is 85.6 Å². The fraction of sp³-hybridized carbons (Fsp3) is 0. The summed E-state index contributed by atoms with van der Waals surface area (Å²) in [5.74, 6) is 1.31. The molecule has 0 bridgehead atoms. The van der Waals surface area contributed by atoms with Crippen molar-refractivity contribution < 1.29 is 0 Å². The van der Waals surface area contributed by atoms with Crippen LogP contribution in [0.15, 0.2) is 249 Å². The maximum atomic E-state index is 5.56. The molecule has 0 aliphatic rings. The van der Waals surface area contributed by atoms with Gasteiger partial charge in [0.05, 0.1) is 33.8 Å². The third-order valence-corrected chi connectivity index (χ3v) is 14.0. The number of nitrogens with zero attached hydrogens (tertiary/aromatic N) is 5. The van der Waals surface area contributed by atoms with Crippen LogP contribution in [0.25, 0.3) is 138 Å². The standard InChI is InChI=1S/C66H41N5/c1-5-25-49-42(17-1)21-13-31-53(49)61-40-59(67-65(69-61)57-33-15-23-44-19-3-7-27-51(44)57)46-37-47(39-48(38-46)71-63-35-11-9-29-55(63)56-30-10-12-36-64(56)71)60-41-62(54-32-14-22-43-18-2-6-26-50(43)54)70-66(68-60)58-34-16-24-45-20-4-8-28-52(45)58/h1-41H. The van der Waals surface area contributed by atoms with Gasteiger partial charge in [0.25, 0.3) is 0 Å². The highest BCUT2D eigenvalue weighted by molar-refractivity contribution is 6.09. The first-order valence-corrected chi connectivity index (χ1v) is 24.0. The largest absolute Gasteiger partial charge is 0.309 e. The summed E-state index contributed by atoms with van der Waals surface area (Å²) in [6.45, 7) is 0. The Morgan fingerprint density at radius 2 is 0.549 bits per heavy atom. The first-order valence-electron chi connectivity index (χ1n) is 24.0. The molecule has 3 aromatic heterocycles. The normalized spacial score (nSPS) is 11.7. The number of rotatable bonds is 7. The Bertz CT molecular complexity index is 3940. The average Bonchev–Trinajstić information content (AvgIpc) is 3.78. The van der Waals surface area contributed by atoms with E-state index in [-0.39, 0.29) is 0 Å². The molecule has 71 heavy (non-hydrogen) atoms. The van der Waals surface area contributed by atoms with Crippen molar-refractivity contribution >= 4 is 64.9 Å². The van der Waals surface area contributed by atoms with E-state index in [1.165, 1.54) is 10.8 Å². The number of hydrogen-bond donors (Lipinski definition) is 0. The van der Waals surface area contributed by atoms with Crippen LogP contribution >= 0.6 is 0 Å². The van der Waals surface area contributed by atoms with Crippen LogP contribution in [0.1, 0.15) is 0 Å². The second-order valence-corrected chi connectivity index (χ2v) is 18.2. The zero-order valence-electron chi connectivity index (χ0n) is 38.4. The van der Waals surface area contributed by atoms with Crippen molar-refractivity contribution in [3.8, 4) is 73.5 Å². The summed E-state index contributed by atoms with van der Waals surface area (Å²) in [6, 6.07) is 88.2. The molecule has 14 aromatic rings. The van der Waals surface area contributed by atoms with Gasteiger partial charge >= 0.3 is 0 Å². The third-order valence-electron chi connectivity index (χ3n) is 14.0. The van der Waals surface area contributed by atoms with Crippen molar-refractivity contribution in [3.63, 3.8) is 0 Å². The molecule has 14 rings (SSSR count). The average molecular weight is 904 g/mol. The van der Waals surface area contributed by atoms with Crippen LogP contribution in [0, 0.1) is 0 Å². The van der Waals surface area contributed by atoms with Crippen LogP contribution in [0.2, 0.25) is 0 Å². The number of fused-ring (bicyclic) bond motifs is 7. The van der Waals surface area contributed by atoms with Crippen LogP contribution in [0.5, 0.6) is 0 Å². The van der Waals surface area contributed by atoms with Crippen molar-refractivity contribution in [3.05, 3.63) is 249 Å². The molecule has 0 atom stereocenters. The van der Waals surface area contributed by atoms with Gasteiger partial charge < -0.3 is 4.57 Å². The molecule has 0 radical (unpaired) electrons. The van der Waals surface area contributed by atoms with E-state index < -0.39 is 0 Å². The second kappa shape index (κ2) is 16.6. The monoisotopic (exact) mass is 903 g/mol. The SMILES string of the molecule is c1ccc2c(-c3cc(-c4cc(-c5cc(-c6cccc7ccccc67)nc(-c6cccc7ccccc67)n5)cc(-n5c6ccccc6c6ccccc65)c4)nc(-c4cccc5ccccc45)n3)cccc2c1. The summed E-state index contributed by atoms with van der Waals surface area (Å²) < 4.78 is 2.38. The van der Waals surface area contributed by atoms with E-state index in [0.717, 1.165) is 116 Å². The Labute approximate surface area is 409 Å². The quantitative estimate of drug-likeness (QED) is 0.160. The van der Waals surface area contributed by atoms with Crippen molar-refractivity contribution in [1.82, 2.24) is 24.5 Å². The Morgan fingerprint density at radius 1 is 0.239 bits per heavy atom. The predicted octanol–water partition coefficient (Wildman–Crippen LogP) is 17.0. The fourth-order valence-corrected chi connectivity index (χ4v) is 10.7. The van der Waals surface area contributed by atoms with Gasteiger partial charge in [-0.25, -0.2) is 19.9 Å². The Morgan fingerprint density at radius 3 is 0.958 bits per heavy atom. The predicted molar refractivity (Wildman–Crippen MR) is 295 cm³/mol. The van der Waals surface area contributed by atoms with Crippen LogP contribution in [0.3, 0.4) is 0 Å². The maximum Gasteiger partial charge on any atom is 0.161 e. The van der Waals surface area contributed by atoms with Crippen LogP contribution in [-0.2, 0) is 0 Å². The lowest BCUT2D eigenvalue weighted by Gasteiger charge is -2.17. The molecule has 330 valence electrons. The van der Waals surface area contributed by atoms with Gasteiger partial charge in [0.1, 0.15) is 0 Å². The molecule has 0 fully saturated rings. The minimum Gasteiger partial charge on any atom is -0.309 e. The molecule has 0 spiro atoms. The Balaban J connectivity index is 1.08. The molecule has 0 aliphatic heterocycles. The van der Waals surface area contributed by atoms with E-state index in [4.69, 9.17) is 19.9 Å². The molecule has 0 saturated carbocycles. The molecule has 3 heterocycles. The number of aromatic nitrogens is 5. The minimum atomic E-state index is 0.657. The minimum absolute atomic E-state index is 0.657. The van der Waals surface area contributed by atoms with Crippen molar-refractivity contribution in [2.45, 2.75) is 0 Å². The van der Waals surface area contributed by atoms with Gasteiger partial charge in [0.15, 0.2) is 11.6 Å². The molecule has 5 nitrogen and oxygen atoms in total. The molecule has 0 saturated heterocycles. The molecule has 0 aliphatic carbocycles. The molecule has 5 heteroatoms. The fourth-order valence-electron chi connectivity index (χ4n) is 10.7. The number of benzene rings is 11. The first kappa shape index (κ1) is 40.5. The lowest BCUT2D eigenvalue weighted by atomic mass is 9.97. The lowest BCUT2D eigenvalue weighted by molar-refractivity contribution is 1.16.